The van der Waals surface area contributed by atoms with Crippen LogP contribution < -0.4 is 4.72 Å². The van der Waals surface area contributed by atoms with Crippen molar-refractivity contribution >= 4 is 33.2 Å². The van der Waals surface area contributed by atoms with E-state index in [0.29, 0.717) is 25.9 Å². The first-order valence-corrected chi connectivity index (χ1v) is 10.5. The summed E-state index contributed by atoms with van der Waals surface area (Å²) in [6, 6.07) is 2.10. The molecule has 0 saturated carbocycles. The van der Waals surface area contributed by atoms with Gasteiger partial charge in [0.05, 0.1) is 0 Å². The molecule has 1 aromatic rings. The lowest BCUT2D eigenvalue weighted by Crippen LogP contribution is -2.66. The predicted octanol–water partition coefficient (Wildman–Crippen LogP) is 0.391. The molecular weight excluding hydrogens is 350 g/mol. The van der Waals surface area contributed by atoms with Crippen molar-refractivity contribution in [2.45, 2.75) is 48.0 Å². The summed E-state index contributed by atoms with van der Waals surface area (Å²) in [7, 11) is -3.56. The third-order valence-electron chi connectivity index (χ3n) is 5.07. The minimum Gasteiger partial charge on any atom is -0.329 e. The maximum atomic E-state index is 12.7. The van der Waals surface area contributed by atoms with Gasteiger partial charge in [-0.15, -0.1) is 11.3 Å². The van der Waals surface area contributed by atoms with Gasteiger partial charge in [0.1, 0.15) is 16.3 Å². The van der Waals surface area contributed by atoms with E-state index < -0.39 is 16.1 Å². The van der Waals surface area contributed by atoms with Gasteiger partial charge < -0.3 is 9.80 Å². The van der Waals surface area contributed by atoms with Crippen LogP contribution in [0.15, 0.2) is 21.7 Å². The van der Waals surface area contributed by atoms with Crippen molar-refractivity contribution in [1.82, 2.24) is 14.5 Å². The quantitative estimate of drug-likeness (QED) is 0.835. The van der Waals surface area contributed by atoms with Crippen LogP contribution in [-0.2, 0) is 19.6 Å². The van der Waals surface area contributed by atoms with Gasteiger partial charge in [-0.3, -0.25) is 9.59 Å². The number of sulfonamides is 1. The highest BCUT2D eigenvalue weighted by atomic mass is 32.2. The molecule has 0 aromatic carbocycles. The highest BCUT2D eigenvalue weighted by Crippen LogP contribution is 2.32. The Hall–Kier alpha value is -1.45. The zero-order chi connectivity index (χ0) is 16.9. The summed E-state index contributed by atoms with van der Waals surface area (Å²) in [5.74, 6) is -0.00575. The number of nitrogens with one attached hydrogen (secondary N) is 1. The fourth-order valence-electron chi connectivity index (χ4n) is 3.93. The van der Waals surface area contributed by atoms with Crippen molar-refractivity contribution in [1.29, 1.82) is 0 Å². The lowest BCUT2D eigenvalue weighted by Gasteiger charge is -2.46. The van der Waals surface area contributed by atoms with Crippen LogP contribution in [0.5, 0.6) is 0 Å². The molecule has 7 nitrogen and oxygen atoms in total. The lowest BCUT2D eigenvalue weighted by molar-refractivity contribution is -0.161. The largest absolute Gasteiger partial charge is 0.329 e. The number of hydrogen-bond acceptors (Lipinski definition) is 5. The van der Waals surface area contributed by atoms with Crippen LogP contribution in [0.1, 0.15) is 25.7 Å². The minimum absolute atomic E-state index is 0.0247. The van der Waals surface area contributed by atoms with Crippen LogP contribution in [0.2, 0.25) is 0 Å². The van der Waals surface area contributed by atoms with Crippen LogP contribution in [0, 0.1) is 0 Å². The monoisotopic (exact) mass is 369 g/mol. The Morgan fingerprint density at radius 1 is 1.08 bits per heavy atom. The summed E-state index contributed by atoms with van der Waals surface area (Å²) in [6.45, 7) is 1.06. The normalized spacial score (nSPS) is 30.4. The van der Waals surface area contributed by atoms with Crippen LogP contribution in [0.3, 0.4) is 0 Å². The Balaban J connectivity index is 1.51. The molecule has 3 aliphatic rings. The van der Waals surface area contributed by atoms with Crippen molar-refractivity contribution in [2.75, 3.05) is 13.1 Å². The number of piperidine rings is 1. The molecule has 0 bridgehead atoms. The van der Waals surface area contributed by atoms with Crippen LogP contribution in [0.25, 0.3) is 0 Å². The van der Waals surface area contributed by atoms with Gasteiger partial charge >= 0.3 is 0 Å². The molecule has 2 amide bonds. The summed E-state index contributed by atoms with van der Waals surface area (Å²) in [4.78, 5) is 28.6. The van der Waals surface area contributed by atoms with Gasteiger partial charge in [0.2, 0.25) is 21.8 Å². The molecule has 0 spiro atoms. The van der Waals surface area contributed by atoms with Crippen molar-refractivity contribution in [3.8, 4) is 0 Å². The highest BCUT2D eigenvalue weighted by molar-refractivity contribution is 7.91. The van der Waals surface area contributed by atoms with Gasteiger partial charge in [0, 0.05) is 19.1 Å². The van der Waals surface area contributed by atoms with E-state index in [1.807, 2.05) is 0 Å². The third kappa shape index (κ3) is 2.55. The fourth-order valence-corrected chi connectivity index (χ4v) is 6.23. The molecule has 1 aromatic heterocycles. The number of amides is 2. The second-order valence-electron chi connectivity index (χ2n) is 6.51. The Labute approximate surface area is 144 Å². The number of fused-ring (bicyclic) bond motifs is 2. The summed E-state index contributed by atoms with van der Waals surface area (Å²) in [5, 5.41) is 1.72. The van der Waals surface area contributed by atoms with Crippen molar-refractivity contribution in [2.24, 2.45) is 0 Å². The van der Waals surface area contributed by atoms with E-state index in [0.717, 1.165) is 24.2 Å². The molecule has 3 atom stereocenters. The molecule has 1 N–H and O–H groups in total. The second kappa shape index (κ2) is 5.82. The number of piperazine rings is 1. The molecule has 24 heavy (non-hydrogen) atoms. The smallest absolute Gasteiger partial charge is 0.250 e. The Kier molecular flexibility index (Phi) is 3.89. The molecule has 130 valence electrons. The van der Waals surface area contributed by atoms with Gasteiger partial charge in [-0.1, -0.05) is 6.07 Å². The first-order chi connectivity index (χ1) is 11.5. The maximum absolute atomic E-state index is 12.7. The van der Waals surface area contributed by atoms with Crippen molar-refractivity contribution < 1.29 is 18.0 Å². The summed E-state index contributed by atoms with van der Waals surface area (Å²) in [6.07, 6.45) is 2.48. The van der Waals surface area contributed by atoms with Gasteiger partial charge in [-0.05, 0) is 37.1 Å². The van der Waals surface area contributed by atoms with Gasteiger partial charge in [0.25, 0.3) is 0 Å². The number of hydrogen-bond donors (Lipinski definition) is 1. The molecule has 0 unspecified atom stereocenters. The SMILES string of the molecule is O=C1[C@@H]2C[C@@H](NS(=O)(=O)c3cccs3)CCN2C(=O)[C@H]2CCCN12. The van der Waals surface area contributed by atoms with E-state index in [1.54, 1.807) is 27.3 Å². The van der Waals surface area contributed by atoms with Gasteiger partial charge in [-0.2, -0.15) is 0 Å². The minimum atomic E-state index is -3.56. The zero-order valence-electron chi connectivity index (χ0n) is 13.1. The lowest BCUT2D eigenvalue weighted by atomic mass is 9.93. The molecule has 9 heteroatoms. The molecule has 3 fully saturated rings. The number of carbonyl (C=O) groups excluding carboxylic acids is 2. The van der Waals surface area contributed by atoms with Gasteiger partial charge in [-0.25, -0.2) is 13.1 Å². The average molecular weight is 369 g/mol. The van der Waals surface area contributed by atoms with Crippen LogP contribution >= 0.6 is 11.3 Å². The molecule has 3 aliphatic heterocycles. The zero-order valence-corrected chi connectivity index (χ0v) is 14.7. The second-order valence-corrected chi connectivity index (χ2v) is 9.40. The van der Waals surface area contributed by atoms with E-state index in [1.165, 1.54) is 0 Å². The Bertz CT molecular complexity index is 762. The molecular formula is C15H19N3O4S2. The number of thiophene rings is 1. The first-order valence-electron chi connectivity index (χ1n) is 8.14. The van der Waals surface area contributed by atoms with E-state index in [9.17, 15) is 18.0 Å². The highest BCUT2D eigenvalue weighted by Gasteiger charge is 2.49. The predicted molar refractivity (Wildman–Crippen MR) is 87.9 cm³/mol. The molecule has 4 heterocycles. The summed E-state index contributed by atoms with van der Waals surface area (Å²) < 4.78 is 27.7. The maximum Gasteiger partial charge on any atom is 0.250 e. The Morgan fingerprint density at radius 3 is 2.58 bits per heavy atom. The summed E-state index contributed by atoms with van der Waals surface area (Å²) in [5.41, 5.74) is 0. The van der Waals surface area contributed by atoms with E-state index in [2.05, 4.69) is 4.72 Å². The fraction of sp³-hybridized carbons (Fsp3) is 0.600. The number of carbonyl (C=O) groups is 2. The number of rotatable bonds is 3. The standard InChI is InChI=1S/C15H19N3O4S2/c19-14-11-3-1-6-17(11)15(20)12-9-10(5-7-18(12)14)16-24(21,22)13-4-2-8-23-13/h2,4,8,10-12,16H,1,3,5-7,9H2/t10-,11+,12-/m0/s1. The molecule has 0 radical (unpaired) electrons. The van der Waals surface area contributed by atoms with Crippen LogP contribution in [-0.4, -0.2) is 61.2 Å². The van der Waals surface area contributed by atoms with E-state index in [4.69, 9.17) is 0 Å². The molecule has 4 rings (SSSR count). The average Bonchev–Trinajstić information content (AvgIpc) is 3.23. The van der Waals surface area contributed by atoms with E-state index >= 15 is 0 Å². The molecule has 3 saturated heterocycles. The van der Waals surface area contributed by atoms with Crippen LogP contribution in [0.4, 0.5) is 0 Å². The van der Waals surface area contributed by atoms with Crippen molar-refractivity contribution in [3.63, 3.8) is 0 Å². The number of nitrogens with zero attached hydrogens (tertiary/aromatic N) is 2. The Morgan fingerprint density at radius 2 is 1.83 bits per heavy atom. The van der Waals surface area contributed by atoms with E-state index in [-0.39, 0.29) is 28.1 Å². The van der Waals surface area contributed by atoms with Crippen molar-refractivity contribution in [3.05, 3.63) is 17.5 Å². The van der Waals surface area contributed by atoms with Gasteiger partial charge in [0.15, 0.2) is 0 Å². The third-order valence-corrected chi connectivity index (χ3v) is 7.99. The topological polar surface area (TPSA) is 86.8 Å². The molecule has 0 aliphatic carbocycles. The first kappa shape index (κ1) is 16.0. The summed E-state index contributed by atoms with van der Waals surface area (Å²) >= 11 is 1.16.